The third-order valence-corrected chi connectivity index (χ3v) is 3.65. The number of nitrogens with zero attached hydrogens (tertiary/aromatic N) is 3. The fourth-order valence-electron chi connectivity index (χ4n) is 2.62. The van der Waals surface area contributed by atoms with E-state index >= 15 is 0 Å². The monoisotopic (exact) mass is 299 g/mol. The summed E-state index contributed by atoms with van der Waals surface area (Å²) < 4.78 is 7.54. The summed E-state index contributed by atoms with van der Waals surface area (Å²) in [6, 6.07) is 4.16. The van der Waals surface area contributed by atoms with E-state index in [4.69, 9.17) is 4.74 Å². The Kier molecular flexibility index (Phi) is 3.64. The van der Waals surface area contributed by atoms with Crippen LogP contribution in [0.25, 0.3) is 11.1 Å². The lowest BCUT2D eigenvalue weighted by molar-refractivity contribution is 0.0270. The highest BCUT2D eigenvalue weighted by Gasteiger charge is 2.24. The SMILES string of the molecule is CC(C)(C)OC(=O)N1CC=C(c2ccc3cnccn23)CC1. The van der Waals surface area contributed by atoms with E-state index in [1.807, 2.05) is 33.2 Å². The third kappa shape index (κ3) is 2.98. The molecule has 5 heteroatoms. The van der Waals surface area contributed by atoms with Crippen LogP contribution >= 0.6 is 0 Å². The molecular formula is C17H21N3O2. The van der Waals surface area contributed by atoms with E-state index in [1.54, 1.807) is 11.1 Å². The Morgan fingerprint density at radius 2 is 2.14 bits per heavy atom. The van der Waals surface area contributed by atoms with E-state index in [0.717, 1.165) is 11.9 Å². The van der Waals surface area contributed by atoms with Crippen molar-refractivity contribution in [3.05, 3.63) is 42.5 Å². The van der Waals surface area contributed by atoms with Crippen LogP contribution in [0.4, 0.5) is 4.79 Å². The molecule has 0 bridgehead atoms. The summed E-state index contributed by atoms with van der Waals surface area (Å²) in [5, 5.41) is 0. The molecule has 0 saturated carbocycles. The fourth-order valence-corrected chi connectivity index (χ4v) is 2.62. The van der Waals surface area contributed by atoms with Crippen LogP contribution in [0.2, 0.25) is 0 Å². The summed E-state index contributed by atoms with van der Waals surface area (Å²) in [5.74, 6) is 0. The van der Waals surface area contributed by atoms with Crippen LogP contribution in [-0.2, 0) is 4.74 Å². The average Bonchev–Trinajstić information content (AvgIpc) is 2.89. The number of carbonyl (C=O) groups excluding carboxylic acids is 1. The second kappa shape index (κ2) is 5.48. The minimum atomic E-state index is -0.453. The molecule has 0 unspecified atom stereocenters. The van der Waals surface area contributed by atoms with Crippen molar-refractivity contribution < 1.29 is 9.53 Å². The lowest BCUT2D eigenvalue weighted by Crippen LogP contribution is -2.39. The van der Waals surface area contributed by atoms with Crippen molar-refractivity contribution in [3.8, 4) is 0 Å². The van der Waals surface area contributed by atoms with E-state index in [0.29, 0.717) is 13.1 Å². The van der Waals surface area contributed by atoms with Crippen LogP contribution in [0, 0.1) is 0 Å². The molecule has 1 aliphatic rings. The first-order valence-electron chi connectivity index (χ1n) is 7.52. The highest BCUT2D eigenvalue weighted by molar-refractivity contribution is 5.73. The van der Waals surface area contributed by atoms with Crippen molar-refractivity contribution in [1.82, 2.24) is 14.3 Å². The average molecular weight is 299 g/mol. The smallest absolute Gasteiger partial charge is 0.410 e. The van der Waals surface area contributed by atoms with E-state index in [1.165, 1.54) is 11.3 Å². The molecule has 5 nitrogen and oxygen atoms in total. The maximum absolute atomic E-state index is 12.1. The van der Waals surface area contributed by atoms with Crippen molar-refractivity contribution in [2.75, 3.05) is 13.1 Å². The molecule has 22 heavy (non-hydrogen) atoms. The Balaban J connectivity index is 1.75. The number of ether oxygens (including phenoxy) is 1. The van der Waals surface area contributed by atoms with Gasteiger partial charge in [-0.15, -0.1) is 0 Å². The molecule has 0 fully saturated rings. The Hall–Kier alpha value is -2.30. The van der Waals surface area contributed by atoms with E-state index in [2.05, 4.69) is 27.6 Å². The number of rotatable bonds is 1. The predicted molar refractivity (Wildman–Crippen MR) is 85.6 cm³/mol. The lowest BCUT2D eigenvalue weighted by atomic mass is 10.1. The largest absolute Gasteiger partial charge is 0.444 e. The molecule has 0 aliphatic carbocycles. The van der Waals surface area contributed by atoms with Gasteiger partial charge in [0.1, 0.15) is 5.60 Å². The molecule has 0 atom stereocenters. The van der Waals surface area contributed by atoms with Gasteiger partial charge in [-0.2, -0.15) is 0 Å². The van der Waals surface area contributed by atoms with Gasteiger partial charge in [-0.3, -0.25) is 4.98 Å². The summed E-state index contributed by atoms with van der Waals surface area (Å²) in [6.45, 7) is 6.92. The second-order valence-electron chi connectivity index (χ2n) is 6.50. The van der Waals surface area contributed by atoms with Gasteiger partial charge < -0.3 is 14.0 Å². The molecule has 2 aromatic heterocycles. The summed E-state index contributed by atoms with van der Waals surface area (Å²) >= 11 is 0. The van der Waals surface area contributed by atoms with E-state index < -0.39 is 5.60 Å². The van der Waals surface area contributed by atoms with Gasteiger partial charge >= 0.3 is 6.09 Å². The minimum absolute atomic E-state index is 0.244. The van der Waals surface area contributed by atoms with Crippen molar-refractivity contribution in [2.45, 2.75) is 32.8 Å². The van der Waals surface area contributed by atoms with Gasteiger partial charge in [0.15, 0.2) is 0 Å². The number of carbonyl (C=O) groups is 1. The predicted octanol–water partition coefficient (Wildman–Crippen LogP) is 3.36. The zero-order chi connectivity index (χ0) is 15.7. The first-order chi connectivity index (χ1) is 10.4. The Morgan fingerprint density at radius 1 is 1.32 bits per heavy atom. The molecule has 1 amide bonds. The Labute approximate surface area is 130 Å². The van der Waals surface area contributed by atoms with Crippen molar-refractivity contribution in [3.63, 3.8) is 0 Å². The molecule has 0 aromatic carbocycles. The third-order valence-electron chi connectivity index (χ3n) is 3.65. The number of aromatic nitrogens is 2. The highest BCUT2D eigenvalue weighted by atomic mass is 16.6. The molecule has 0 saturated heterocycles. The summed E-state index contributed by atoms with van der Waals surface area (Å²) in [6.07, 6.45) is 8.29. The van der Waals surface area contributed by atoms with Crippen LogP contribution in [0.3, 0.4) is 0 Å². The molecule has 0 radical (unpaired) electrons. The molecule has 0 spiro atoms. The van der Waals surface area contributed by atoms with Crippen LogP contribution < -0.4 is 0 Å². The molecule has 3 rings (SSSR count). The Bertz CT molecular complexity index is 725. The molecule has 1 aliphatic heterocycles. The van der Waals surface area contributed by atoms with E-state index in [-0.39, 0.29) is 6.09 Å². The van der Waals surface area contributed by atoms with Gasteiger partial charge in [-0.05, 0) is 44.9 Å². The molecule has 3 heterocycles. The topological polar surface area (TPSA) is 46.8 Å². The number of hydrogen-bond donors (Lipinski definition) is 0. The van der Waals surface area contributed by atoms with Gasteiger partial charge in [0.2, 0.25) is 0 Å². The van der Waals surface area contributed by atoms with Crippen LogP contribution in [0.5, 0.6) is 0 Å². The molecule has 2 aromatic rings. The maximum atomic E-state index is 12.1. The van der Waals surface area contributed by atoms with Gasteiger partial charge in [-0.1, -0.05) is 6.08 Å². The number of fused-ring (bicyclic) bond motifs is 1. The van der Waals surface area contributed by atoms with E-state index in [9.17, 15) is 4.79 Å². The van der Waals surface area contributed by atoms with Gasteiger partial charge in [0.05, 0.1) is 11.7 Å². The lowest BCUT2D eigenvalue weighted by Gasteiger charge is -2.29. The first kappa shape index (κ1) is 14.6. The first-order valence-corrected chi connectivity index (χ1v) is 7.52. The summed E-state index contributed by atoms with van der Waals surface area (Å²) in [4.78, 5) is 18.0. The Morgan fingerprint density at radius 3 is 2.82 bits per heavy atom. The van der Waals surface area contributed by atoms with Gasteiger partial charge in [-0.25, -0.2) is 4.79 Å². The number of amides is 1. The van der Waals surface area contributed by atoms with Crippen molar-refractivity contribution >= 4 is 17.2 Å². The van der Waals surface area contributed by atoms with Crippen molar-refractivity contribution in [2.24, 2.45) is 0 Å². The zero-order valence-electron chi connectivity index (χ0n) is 13.2. The minimum Gasteiger partial charge on any atom is -0.444 e. The quantitative estimate of drug-likeness (QED) is 0.811. The maximum Gasteiger partial charge on any atom is 0.410 e. The summed E-state index contributed by atoms with van der Waals surface area (Å²) in [5.41, 5.74) is 3.05. The standard InChI is InChI=1S/C17H21N3O2/c1-17(2,3)22-16(21)19-9-6-13(7-10-19)15-5-4-14-12-18-8-11-20(14)15/h4-6,8,11-12H,7,9-10H2,1-3H3. The van der Waals surface area contributed by atoms with Crippen molar-refractivity contribution in [1.29, 1.82) is 0 Å². The normalized spacial score (nSPS) is 15.8. The second-order valence-corrected chi connectivity index (χ2v) is 6.50. The van der Waals surface area contributed by atoms with Crippen LogP contribution in [0.15, 0.2) is 36.8 Å². The molecule has 0 N–H and O–H groups in total. The molecule has 116 valence electrons. The number of hydrogen-bond acceptors (Lipinski definition) is 3. The highest BCUT2D eigenvalue weighted by Crippen LogP contribution is 2.25. The van der Waals surface area contributed by atoms with Crippen LogP contribution in [-0.4, -0.2) is 39.1 Å². The van der Waals surface area contributed by atoms with Gasteiger partial charge in [0.25, 0.3) is 0 Å². The summed E-state index contributed by atoms with van der Waals surface area (Å²) in [7, 11) is 0. The van der Waals surface area contributed by atoms with Crippen LogP contribution in [0.1, 0.15) is 32.9 Å². The van der Waals surface area contributed by atoms with Gasteiger partial charge in [0, 0.05) is 31.2 Å². The fraction of sp³-hybridized carbons (Fsp3) is 0.412. The molecular weight excluding hydrogens is 278 g/mol. The zero-order valence-corrected chi connectivity index (χ0v) is 13.2.